The van der Waals surface area contributed by atoms with E-state index in [0.717, 1.165) is 4.31 Å². The van der Waals surface area contributed by atoms with E-state index in [0.29, 0.717) is 5.75 Å². The van der Waals surface area contributed by atoms with Crippen molar-refractivity contribution in [1.29, 1.82) is 0 Å². The summed E-state index contributed by atoms with van der Waals surface area (Å²) in [6, 6.07) is 12.4. The molecule has 0 aliphatic heterocycles. The van der Waals surface area contributed by atoms with Crippen LogP contribution in [0.15, 0.2) is 53.4 Å². The molecule has 0 bridgehead atoms. The Balaban J connectivity index is 2.31. The molecule has 2 rings (SSSR count). The van der Waals surface area contributed by atoms with Gasteiger partial charge in [0.1, 0.15) is 0 Å². The summed E-state index contributed by atoms with van der Waals surface area (Å²) < 4.78 is 35.7. The molecule has 0 amide bonds. The lowest BCUT2D eigenvalue weighted by atomic mass is 10.2. The smallest absolute Gasteiger partial charge is 0.343 e. The highest BCUT2D eigenvalue weighted by atomic mass is 32.2. The van der Waals surface area contributed by atoms with Gasteiger partial charge in [-0.05, 0) is 30.3 Å². The highest BCUT2D eigenvalue weighted by molar-refractivity contribution is 7.89. The number of methoxy groups -OCH3 is 1. The second kappa shape index (κ2) is 6.80. The highest BCUT2D eigenvalue weighted by Gasteiger charge is 2.20. The lowest BCUT2D eigenvalue weighted by Gasteiger charge is -2.12. The van der Waals surface area contributed by atoms with Gasteiger partial charge in [0.05, 0.1) is 17.6 Å². The molecule has 7 heteroatoms. The molecule has 0 atom stereocenters. The minimum absolute atomic E-state index is 0.0250. The number of esters is 1. The number of carbonyl (C=O) groups excluding carboxylic acids is 1. The SMILES string of the molecule is COc1ccccc1OC(=O)c1cccc(S(=O)(=O)N(C)C)c1. The van der Waals surface area contributed by atoms with Crippen molar-refractivity contribution in [1.82, 2.24) is 4.31 Å². The lowest BCUT2D eigenvalue weighted by molar-refractivity contribution is 0.0729. The fourth-order valence-electron chi connectivity index (χ4n) is 1.86. The normalized spacial score (nSPS) is 11.3. The first kappa shape index (κ1) is 17.0. The molecule has 0 fully saturated rings. The van der Waals surface area contributed by atoms with E-state index in [4.69, 9.17) is 9.47 Å². The van der Waals surface area contributed by atoms with Crippen molar-refractivity contribution in [2.45, 2.75) is 4.90 Å². The standard InChI is InChI=1S/C16H17NO5S/c1-17(2)23(19,20)13-8-6-7-12(11-13)16(18)22-15-10-5-4-9-14(15)21-3/h4-11H,1-3H3. The summed E-state index contributed by atoms with van der Waals surface area (Å²) in [4.78, 5) is 12.3. The zero-order chi connectivity index (χ0) is 17.0. The van der Waals surface area contributed by atoms with Gasteiger partial charge in [-0.1, -0.05) is 18.2 Å². The van der Waals surface area contributed by atoms with Gasteiger partial charge < -0.3 is 9.47 Å². The number of para-hydroxylation sites is 2. The van der Waals surface area contributed by atoms with Gasteiger partial charge in [-0.2, -0.15) is 0 Å². The van der Waals surface area contributed by atoms with Crippen LogP contribution < -0.4 is 9.47 Å². The topological polar surface area (TPSA) is 72.9 Å². The molecule has 0 aromatic heterocycles. The third kappa shape index (κ3) is 3.69. The number of carbonyl (C=O) groups is 1. The first-order valence-electron chi connectivity index (χ1n) is 6.74. The molecule has 2 aromatic carbocycles. The van der Waals surface area contributed by atoms with E-state index >= 15 is 0 Å². The van der Waals surface area contributed by atoms with Gasteiger partial charge in [-0.25, -0.2) is 17.5 Å². The zero-order valence-corrected chi connectivity index (χ0v) is 13.8. The Bertz CT molecular complexity index is 815. The Morgan fingerprint density at radius 3 is 2.26 bits per heavy atom. The maximum atomic E-state index is 12.2. The molecule has 6 nitrogen and oxygen atoms in total. The summed E-state index contributed by atoms with van der Waals surface area (Å²) in [5.74, 6) is 0.0177. The molecular weight excluding hydrogens is 318 g/mol. The maximum Gasteiger partial charge on any atom is 0.343 e. The fourth-order valence-corrected chi connectivity index (χ4v) is 2.80. The number of ether oxygens (including phenoxy) is 2. The van der Waals surface area contributed by atoms with Crippen molar-refractivity contribution in [3.05, 3.63) is 54.1 Å². The first-order valence-corrected chi connectivity index (χ1v) is 8.18. The van der Waals surface area contributed by atoms with Crippen LogP contribution >= 0.6 is 0 Å². The second-order valence-corrected chi connectivity index (χ2v) is 7.01. The van der Waals surface area contributed by atoms with Gasteiger partial charge >= 0.3 is 5.97 Å². The van der Waals surface area contributed by atoms with Crippen LogP contribution in [0.3, 0.4) is 0 Å². The van der Waals surface area contributed by atoms with Gasteiger partial charge in [0, 0.05) is 14.1 Å². The predicted octanol–water partition coefficient (Wildman–Crippen LogP) is 2.16. The summed E-state index contributed by atoms with van der Waals surface area (Å²) >= 11 is 0. The van der Waals surface area contributed by atoms with Crippen molar-refractivity contribution in [3.8, 4) is 11.5 Å². The molecule has 0 radical (unpaired) electrons. The quantitative estimate of drug-likeness (QED) is 0.618. The average molecular weight is 335 g/mol. The van der Waals surface area contributed by atoms with E-state index in [1.54, 1.807) is 24.3 Å². The summed E-state index contributed by atoms with van der Waals surface area (Å²) in [5, 5.41) is 0. The van der Waals surface area contributed by atoms with Crippen LogP contribution in [0.25, 0.3) is 0 Å². The number of hydrogen-bond donors (Lipinski definition) is 0. The average Bonchev–Trinajstić information content (AvgIpc) is 2.55. The summed E-state index contributed by atoms with van der Waals surface area (Å²) in [7, 11) is 0.703. The first-order chi connectivity index (χ1) is 10.9. The summed E-state index contributed by atoms with van der Waals surface area (Å²) in [6.07, 6.45) is 0. The van der Waals surface area contributed by atoms with Crippen LogP contribution in [0.4, 0.5) is 0 Å². The number of rotatable bonds is 5. The van der Waals surface area contributed by atoms with Crippen molar-refractivity contribution >= 4 is 16.0 Å². The van der Waals surface area contributed by atoms with Crippen LogP contribution in [-0.2, 0) is 10.0 Å². The van der Waals surface area contributed by atoms with Crippen LogP contribution in [-0.4, -0.2) is 39.9 Å². The van der Waals surface area contributed by atoms with E-state index < -0.39 is 16.0 Å². The molecule has 0 saturated carbocycles. The molecular formula is C16H17NO5S. The fraction of sp³-hybridized carbons (Fsp3) is 0.188. The Kier molecular flexibility index (Phi) is 5.02. The molecule has 0 aliphatic carbocycles. The largest absolute Gasteiger partial charge is 0.493 e. The van der Waals surface area contributed by atoms with Gasteiger partial charge in [0.15, 0.2) is 11.5 Å². The van der Waals surface area contributed by atoms with Gasteiger partial charge in [-0.15, -0.1) is 0 Å². The molecule has 0 unspecified atom stereocenters. The van der Waals surface area contributed by atoms with E-state index in [1.807, 2.05) is 0 Å². The minimum Gasteiger partial charge on any atom is -0.493 e. The minimum atomic E-state index is -3.62. The molecule has 23 heavy (non-hydrogen) atoms. The Morgan fingerprint density at radius 1 is 1.00 bits per heavy atom. The Hall–Kier alpha value is -2.38. The molecule has 0 N–H and O–H groups in total. The van der Waals surface area contributed by atoms with E-state index in [1.165, 1.54) is 45.5 Å². The highest BCUT2D eigenvalue weighted by Crippen LogP contribution is 2.27. The third-order valence-corrected chi connectivity index (χ3v) is 4.93. The monoisotopic (exact) mass is 335 g/mol. The number of hydrogen-bond acceptors (Lipinski definition) is 5. The summed E-state index contributed by atoms with van der Waals surface area (Å²) in [6.45, 7) is 0. The summed E-state index contributed by atoms with van der Waals surface area (Å²) in [5.41, 5.74) is 0.138. The van der Waals surface area contributed by atoms with E-state index in [9.17, 15) is 13.2 Å². The Labute approximate surface area is 135 Å². The molecule has 0 spiro atoms. The zero-order valence-electron chi connectivity index (χ0n) is 13.0. The van der Waals surface area contributed by atoms with Gasteiger partial charge in [-0.3, -0.25) is 0 Å². The third-order valence-electron chi connectivity index (χ3n) is 3.12. The van der Waals surface area contributed by atoms with Crippen LogP contribution in [0, 0.1) is 0 Å². The van der Waals surface area contributed by atoms with Crippen molar-refractivity contribution < 1.29 is 22.7 Å². The maximum absolute atomic E-state index is 12.2. The Morgan fingerprint density at radius 2 is 1.65 bits per heavy atom. The molecule has 122 valence electrons. The van der Waals surface area contributed by atoms with E-state index in [2.05, 4.69) is 0 Å². The van der Waals surface area contributed by atoms with Crippen LogP contribution in [0.1, 0.15) is 10.4 Å². The van der Waals surface area contributed by atoms with Crippen LogP contribution in [0.2, 0.25) is 0 Å². The van der Waals surface area contributed by atoms with Crippen molar-refractivity contribution in [3.63, 3.8) is 0 Å². The van der Waals surface area contributed by atoms with E-state index in [-0.39, 0.29) is 16.2 Å². The molecule has 0 saturated heterocycles. The predicted molar refractivity (Wildman–Crippen MR) is 85.3 cm³/mol. The number of benzene rings is 2. The van der Waals surface area contributed by atoms with Gasteiger partial charge in [0.2, 0.25) is 10.0 Å². The molecule has 2 aromatic rings. The van der Waals surface area contributed by atoms with Crippen molar-refractivity contribution in [2.75, 3.05) is 21.2 Å². The number of nitrogens with zero attached hydrogens (tertiary/aromatic N) is 1. The van der Waals surface area contributed by atoms with Crippen molar-refractivity contribution in [2.24, 2.45) is 0 Å². The van der Waals surface area contributed by atoms with Crippen LogP contribution in [0.5, 0.6) is 11.5 Å². The lowest BCUT2D eigenvalue weighted by Crippen LogP contribution is -2.22. The van der Waals surface area contributed by atoms with Gasteiger partial charge in [0.25, 0.3) is 0 Å². The molecule has 0 heterocycles. The number of sulfonamides is 1. The second-order valence-electron chi connectivity index (χ2n) is 4.86. The molecule has 0 aliphatic rings.